The van der Waals surface area contributed by atoms with Crippen LogP contribution >= 0.6 is 0 Å². The summed E-state index contributed by atoms with van der Waals surface area (Å²) in [4.78, 5) is 21.3. The molecule has 0 saturated carbocycles. The molecule has 0 fully saturated rings. The minimum absolute atomic E-state index is 0.00930. The van der Waals surface area contributed by atoms with E-state index in [1.54, 1.807) is 6.92 Å². The monoisotopic (exact) mass is 185 g/mol. The molecule has 0 radical (unpaired) electrons. The van der Waals surface area contributed by atoms with Crippen molar-refractivity contribution in [3.05, 3.63) is 12.7 Å². The van der Waals surface area contributed by atoms with Gasteiger partial charge >= 0.3 is 5.97 Å². The second-order valence-corrected chi connectivity index (χ2v) is 2.43. The molecule has 0 rings (SSSR count). The van der Waals surface area contributed by atoms with Gasteiger partial charge in [-0.3, -0.25) is 4.79 Å². The molecule has 1 amide bonds. The summed E-state index contributed by atoms with van der Waals surface area (Å²) >= 11 is 0. The first-order chi connectivity index (χ1) is 6.20. The molecule has 0 heterocycles. The number of carbonyl (C=O) groups excluding carboxylic acids is 2. The van der Waals surface area contributed by atoms with E-state index < -0.39 is 5.97 Å². The standard InChI is InChI=1S/C9H15NO3/c1-3-8(11)10-6-5-7-13-9(12)4-2/h4H,2-3,5-7H2,1H3,(H,10,11). The maximum absolute atomic E-state index is 10.7. The van der Waals surface area contributed by atoms with Crippen LogP contribution in [-0.4, -0.2) is 25.0 Å². The zero-order valence-electron chi connectivity index (χ0n) is 7.84. The van der Waals surface area contributed by atoms with Gasteiger partial charge in [-0.05, 0) is 6.42 Å². The molecule has 0 aliphatic rings. The van der Waals surface area contributed by atoms with E-state index in [0.717, 1.165) is 6.08 Å². The first kappa shape index (κ1) is 11.7. The van der Waals surface area contributed by atoms with Gasteiger partial charge in [0.15, 0.2) is 0 Å². The lowest BCUT2D eigenvalue weighted by Gasteiger charge is -2.03. The molecule has 0 bridgehead atoms. The third-order valence-corrected chi connectivity index (χ3v) is 1.38. The van der Waals surface area contributed by atoms with Crippen molar-refractivity contribution in [2.45, 2.75) is 19.8 Å². The Bertz CT molecular complexity index is 189. The molecule has 0 unspecified atom stereocenters. The molecule has 0 aliphatic heterocycles. The Morgan fingerprint density at radius 1 is 1.54 bits per heavy atom. The van der Waals surface area contributed by atoms with Crippen LogP contribution in [0, 0.1) is 0 Å². The van der Waals surface area contributed by atoms with Crippen LogP contribution < -0.4 is 5.32 Å². The normalized spacial score (nSPS) is 9.00. The molecule has 0 aromatic rings. The summed E-state index contributed by atoms with van der Waals surface area (Å²) in [6.07, 6.45) is 2.22. The van der Waals surface area contributed by atoms with Crippen LogP contribution in [0.3, 0.4) is 0 Å². The predicted octanol–water partition coefficient (Wildman–Crippen LogP) is 0.632. The average Bonchev–Trinajstić information content (AvgIpc) is 2.16. The van der Waals surface area contributed by atoms with Gasteiger partial charge in [-0.2, -0.15) is 0 Å². The highest BCUT2D eigenvalue weighted by Crippen LogP contribution is 1.84. The van der Waals surface area contributed by atoms with Gasteiger partial charge in [0.25, 0.3) is 0 Å². The van der Waals surface area contributed by atoms with Crippen molar-refractivity contribution in [1.29, 1.82) is 0 Å². The van der Waals surface area contributed by atoms with E-state index in [4.69, 9.17) is 4.74 Å². The summed E-state index contributed by atoms with van der Waals surface area (Å²) in [6.45, 7) is 5.89. The van der Waals surface area contributed by atoms with Crippen molar-refractivity contribution in [2.24, 2.45) is 0 Å². The van der Waals surface area contributed by atoms with E-state index in [-0.39, 0.29) is 5.91 Å². The van der Waals surface area contributed by atoms with Crippen molar-refractivity contribution >= 4 is 11.9 Å². The number of nitrogens with one attached hydrogen (secondary N) is 1. The fraction of sp³-hybridized carbons (Fsp3) is 0.556. The molecule has 0 saturated heterocycles. The number of rotatable bonds is 6. The van der Waals surface area contributed by atoms with E-state index in [9.17, 15) is 9.59 Å². The molecule has 0 aromatic heterocycles. The number of esters is 1. The summed E-state index contributed by atoms with van der Waals surface area (Å²) in [6, 6.07) is 0. The molecule has 74 valence electrons. The van der Waals surface area contributed by atoms with Crippen molar-refractivity contribution in [2.75, 3.05) is 13.2 Å². The summed E-state index contributed by atoms with van der Waals surface area (Å²) < 4.78 is 4.70. The van der Waals surface area contributed by atoms with Gasteiger partial charge in [0.05, 0.1) is 6.61 Å². The maximum atomic E-state index is 10.7. The Morgan fingerprint density at radius 3 is 2.77 bits per heavy atom. The minimum atomic E-state index is -0.429. The van der Waals surface area contributed by atoms with Crippen LogP contribution in [0.1, 0.15) is 19.8 Å². The van der Waals surface area contributed by atoms with E-state index in [0.29, 0.717) is 26.0 Å². The Hall–Kier alpha value is -1.32. The van der Waals surface area contributed by atoms with Crippen molar-refractivity contribution in [1.82, 2.24) is 5.32 Å². The smallest absolute Gasteiger partial charge is 0.330 e. The lowest BCUT2D eigenvalue weighted by molar-refractivity contribution is -0.137. The minimum Gasteiger partial charge on any atom is -0.462 e. The lowest BCUT2D eigenvalue weighted by Crippen LogP contribution is -2.24. The summed E-state index contributed by atoms with van der Waals surface area (Å²) in [5.74, 6) is -0.420. The van der Waals surface area contributed by atoms with Crippen LogP contribution in [-0.2, 0) is 14.3 Å². The van der Waals surface area contributed by atoms with Crippen LogP contribution in [0.25, 0.3) is 0 Å². The highest BCUT2D eigenvalue weighted by atomic mass is 16.5. The first-order valence-electron chi connectivity index (χ1n) is 4.26. The fourth-order valence-corrected chi connectivity index (χ4v) is 0.657. The Balaban J connectivity index is 3.21. The molecule has 1 N–H and O–H groups in total. The van der Waals surface area contributed by atoms with Crippen molar-refractivity contribution < 1.29 is 14.3 Å². The molecule has 0 spiro atoms. The van der Waals surface area contributed by atoms with Crippen LogP contribution in [0.5, 0.6) is 0 Å². The van der Waals surface area contributed by atoms with Gasteiger partial charge in [0.2, 0.25) is 5.91 Å². The Morgan fingerprint density at radius 2 is 2.23 bits per heavy atom. The highest BCUT2D eigenvalue weighted by molar-refractivity contribution is 5.81. The predicted molar refractivity (Wildman–Crippen MR) is 49.1 cm³/mol. The molecule has 0 aliphatic carbocycles. The summed E-state index contributed by atoms with van der Waals surface area (Å²) in [5, 5.41) is 2.67. The number of amides is 1. The van der Waals surface area contributed by atoms with Crippen LogP contribution in [0.2, 0.25) is 0 Å². The SMILES string of the molecule is C=CC(=O)OCCCNC(=O)CC. The van der Waals surface area contributed by atoms with Gasteiger partial charge in [-0.15, -0.1) is 0 Å². The highest BCUT2D eigenvalue weighted by Gasteiger charge is 1.97. The van der Waals surface area contributed by atoms with Crippen LogP contribution in [0.4, 0.5) is 0 Å². The van der Waals surface area contributed by atoms with E-state index in [2.05, 4.69) is 11.9 Å². The molecular weight excluding hydrogens is 170 g/mol. The molecule has 0 atom stereocenters. The van der Waals surface area contributed by atoms with Gasteiger partial charge in [-0.1, -0.05) is 13.5 Å². The molecule has 4 nitrogen and oxygen atoms in total. The number of ether oxygens (including phenoxy) is 1. The molecule has 4 heteroatoms. The largest absolute Gasteiger partial charge is 0.462 e. The number of carbonyl (C=O) groups is 2. The third kappa shape index (κ3) is 7.05. The second kappa shape index (κ2) is 7.34. The van der Waals surface area contributed by atoms with Gasteiger partial charge < -0.3 is 10.1 Å². The quantitative estimate of drug-likeness (QED) is 0.375. The third-order valence-electron chi connectivity index (χ3n) is 1.38. The van der Waals surface area contributed by atoms with Gasteiger partial charge in [-0.25, -0.2) is 4.79 Å². The lowest BCUT2D eigenvalue weighted by atomic mass is 10.4. The van der Waals surface area contributed by atoms with Gasteiger partial charge in [0, 0.05) is 19.0 Å². The van der Waals surface area contributed by atoms with E-state index in [1.165, 1.54) is 0 Å². The summed E-state index contributed by atoms with van der Waals surface area (Å²) in [7, 11) is 0. The second-order valence-electron chi connectivity index (χ2n) is 2.43. The van der Waals surface area contributed by atoms with Crippen LogP contribution in [0.15, 0.2) is 12.7 Å². The fourth-order valence-electron chi connectivity index (χ4n) is 0.657. The zero-order valence-corrected chi connectivity index (χ0v) is 7.84. The Kier molecular flexibility index (Phi) is 6.59. The van der Waals surface area contributed by atoms with E-state index in [1.807, 2.05) is 0 Å². The molecule has 0 aromatic carbocycles. The first-order valence-corrected chi connectivity index (χ1v) is 4.26. The average molecular weight is 185 g/mol. The molecular formula is C9H15NO3. The Labute approximate surface area is 78.0 Å². The molecule has 13 heavy (non-hydrogen) atoms. The topological polar surface area (TPSA) is 55.4 Å². The summed E-state index contributed by atoms with van der Waals surface area (Å²) in [5.41, 5.74) is 0. The maximum Gasteiger partial charge on any atom is 0.330 e. The van der Waals surface area contributed by atoms with E-state index >= 15 is 0 Å². The zero-order chi connectivity index (χ0) is 10.1. The van der Waals surface area contributed by atoms with Crippen molar-refractivity contribution in [3.8, 4) is 0 Å². The van der Waals surface area contributed by atoms with Gasteiger partial charge in [0.1, 0.15) is 0 Å². The number of hydrogen-bond donors (Lipinski definition) is 1. The number of hydrogen-bond acceptors (Lipinski definition) is 3. The van der Waals surface area contributed by atoms with Crippen molar-refractivity contribution in [3.63, 3.8) is 0 Å².